The number of hydrogen-bond donors (Lipinski definition) is 1. The summed E-state index contributed by atoms with van der Waals surface area (Å²) in [6, 6.07) is 6.78. The van der Waals surface area contributed by atoms with Gasteiger partial charge in [0, 0.05) is 19.5 Å². The van der Waals surface area contributed by atoms with Crippen LogP contribution in [0.25, 0.3) is 0 Å². The summed E-state index contributed by atoms with van der Waals surface area (Å²) in [5, 5.41) is 2.69. The number of amides is 1. The molecule has 21 heavy (non-hydrogen) atoms. The van der Waals surface area contributed by atoms with Gasteiger partial charge in [0.1, 0.15) is 5.75 Å². The molecule has 0 saturated heterocycles. The maximum absolute atomic E-state index is 11.9. The average Bonchev–Trinajstić information content (AvgIpc) is 2.43. The molecule has 6 nitrogen and oxygen atoms in total. The fourth-order valence-corrected chi connectivity index (χ4v) is 2.87. The van der Waals surface area contributed by atoms with Crippen molar-refractivity contribution in [2.75, 3.05) is 30.8 Å². The van der Waals surface area contributed by atoms with Gasteiger partial charge in [-0.15, -0.1) is 0 Å². The summed E-state index contributed by atoms with van der Waals surface area (Å²) < 4.78 is 30.1. The van der Waals surface area contributed by atoms with Gasteiger partial charge in [-0.2, -0.15) is 0 Å². The summed E-state index contributed by atoms with van der Waals surface area (Å²) >= 11 is 0. The standard InChI is InChI=1S/C14H22N2O4S/c1-4-15-14(17)6-5-11-16(21(3,18)19)12-7-9-13(20-2)10-8-12/h7-10H,4-6,11H2,1-3H3,(H,15,17). The van der Waals surface area contributed by atoms with E-state index in [9.17, 15) is 13.2 Å². The highest BCUT2D eigenvalue weighted by Crippen LogP contribution is 2.21. The third-order valence-electron chi connectivity index (χ3n) is 2.90. The minimum atomic E-state index is -3.39. The van der Waals surface area contributed by atoms with E-state index in [1.807, 2.05) is 6.92 Å². The van der Waals surface area contributed by atoms with Crippen LogP contribution in [0.15, 0.2) is 24.3 Å². The molecule has 0 heterocycles. The Kier molecular flexibility index (Phi) is 6.48. The van der Waals surface area contributed by atoms with E-state index in [2.05, 4.69) is 5.32 Å². The molecule has 1 aromatic carbocycles. The maximum atomic E-state index is 11.9. The highest BCUT2D eigenvalue weighted by atomic mass is 32.2. The Hall–Kier alpha value is -1.76. The van der Waals surface area contributed by atoms with Gasteiger partial charge in [0.05, 0.1) is 19.1 Å². The molecular formula is C14H22N2O4S. The van der Waals surface area contributed by atoms with Gasteiger partial charge in [-0.3, -0.25) is 9.10 Å². The van der Waals surface area contributed by atoms with Crippen molar-refractivity contribution < 1.29 is 17.9 Å². The molecular weight excluding hydrogens is 292 g/mol. The predicted octanol–water partition coefficient (Wildman–Crippen LogP) is 1.38. The predicted molar refractivity (Wildman–Crippen MR) is 83.1 cm³/mol. The van der Waals surface area contributed by atoms with Crippen LogP contribution in [0.4, 0.5) is 5.69 Å². The summed E-state index contributed by atoms with van der Waals surface area (Å²) in [7, 11) is -1.84. The van der Waals surface area contributed by atoms with E-state index in [-0.39, 0.29) is 12.5 Å². The molecule has 0 aliphatic carbocycles. The van der Waals surface area contributed by atoms with Crippen LogP contribution >= 0.6 is 0 Å². The Morgan fingerprint density at radius 3 is 2.38 bits per heavy atom. The third kappa shape index (κ3) is 5.63. The molecule has 0 saturated carbocycles. The Morgan fingerprint density at radius 2 is 1.90 bits per heavy atom. The van der Waals surface area contributed by atoms with Crippen LogP contribution < -0.4 is 14.4 Å². The molecule has 0 aliphatic rings. The summed E-state index contributed by atoms with van der Waals surface area (Å²) in [5.41, 5.74) is 0.564. The lowest BCUT2D eigenvalue weighted by Crippen LogP contribution is -2.32. The number of methoxy groups -OCH3 is 1. The molecule has 0 unspecified atom stereocenters. The van der Waals surface area contributed by atoms with Crippen molar-refractivity contribution in [3.05, 3.63) is 24.3 Å². The van der Waals surface area contributed by atoms with Crippen LogP contribution in [0.1, 0.15) is 19.8 Å². The molecule has 0 atom stereocenters. The fraction of sp³-hybridized carbons (Fsp3) is 0.500. The topological polar surface area (TPSA) is 75.7 Å². The molecule has 0 radical (unpaired) electrons. The molecule has 7 heteroatoms. The van der Waals surface area contributed by atoms with Crippen molar-refractivity contribution >= 4 is 21.6 Å². The van der Waals surface area contributed by atoms with Crippen molar-refractivity contribution in [1.29, 1.82) is 0 Å². The molecule has 0 aromatic heterocycles. The van der Waals surface area contributed by atoms with Crippen LogP contribution in [0, 0.1) is 0 Å². The van der Waals surface area contributed by atoms with Gasteiger partial charge in [0.2, 0.25) is 15.9 Å². The van der Waals surface area contributed by atoms with E-state index < -0.39 is 10.0 Å². The quantitative estimate of drug-likeness (QED) is 0.786. The van der Waals surface area contributed by atoms with Gasteiger partial charge >= 0.3 is 0 Å². The molecule has 0 bridgehead atoms. The fourth-order valence-electron chi connectivity index (χ4n) is 1.90. The van der Waals surface area contributed by atoms with E-state index in [0.717, 1.165) is 6.26 Å². The minimum absolute atomic E-state index is 0.0688. The maximum Gasteiger partial charge on any atom is 0.232 e. The second-order valence-corrected chi connectivity index (χ2v) is 6.50. The number of benzene rings is 1. The van der Waals surface area contributed by atoms with Crippen LogP contribution in [0.2, 0.25) is 0 Å². The second kappa shape index (κ2) is 7.87. The minimum Gasteiger partial charge on any atom is -0.497 e. The van der Waals surface area contributed by atoms with Gasteiger partial charge < -0.3 is 10.1 Å². The van der Waals surface area contributed by atoms with Gasteiger partial charge in [-0.05, 0) is 37.6 Å². The first kappa shape index (κ1) is 17.3. The van der Waals surface area contributed by atoms with Crippen molar-refractivity contribution in [3.63, 3.8) is 0 Å². The number of ether oxygens (including phenoxy) is 1. The highest BCUT2D eigenvalue weighted by molar-refractivity contribution is 7.92. The third-order valence-corrected chi connectivity index (χ3v) is 4.09. The molecule has 1 rings (SSSR count). The molecule has 118 valence electrons. The number of rotatable bonds is 8. The molecule has 0 spiro atoms. The van der Waals surface area contributed by atoms with Crippen molar-refractivity contribution in [1.82, 2.24) is 5.32 Å². The number of carbonyl (C=O) groups is 1. The van der Waals surface area contributed by atoms with Crippen molar-refractivity contribution in [3.8, 4) is 5.75 Å². The summed E-state index contributed by atoms with van der Waals surface area (Å²) in [4.78, 5) is 11.4. The molecule has 1 N–H and O–H groups in total. The molecule has 0 aliphatic heterocycles. The zero-order chi connectivity index (χ0) is 15.9. The Labute approximate surface area is 126 Å². The number of nitrogens with zero attached hydrogens (tertiary/aromatic N) is 1. The first-order chi connectivity index (χ1) is 9.88. The van der Waals surface area contributed by atoms with Crippen LogP contribution in [0.3, 0.4) is 0 Å². The summed E-state index contributed by atoms with van der Waals surface area (Å²) in [5.74, 6) is 0.593. The molecule has 1 amide bonds. The number of sulfonamides is 1. The van der Waals surface area contributed by atoms with Crippen LogP contribution in [-0.4, -0.2) is 40.8 Å². The number of nitrogens with one attached hydrogen (secondary N) is 1. The van der Waals surface area contributed by atoms with E-state index in [1.54, 1.807) is 31.4 Å². The van der Waals surface area contributed by atoms with E-state index in [4.69, 9.17) is 4.74 Å². The lowest BCUT2D eigenvalue weighted by atomic mass is 10.2. The Balaban J connectivity index is 2.75. The SMILES string of the molecule is CCNC(=O)CCCN(c1ccc(OC)cc1)S(C)(=O)=O. The highest BCUT2D eigenvalue weighted by Gasteiger charge is 2.17. The normalized spacial score (nSPS) is 11.0. The average molecular weight is 314 g/mol. The largest absolute Gasteiger partial charge is 0.497 e. The van der Waals surface area contributed by atoms with Crippen LogP contribution in [-0.2, 0) is 14.8 Å². The van der Waals surface area contributed by atoms with E-state index in [0.29, 0.717) is 30.8 Å². The zero-order valence-corrected chi connectivity index (χ0v) is 13.4. The lowest BCUT2D eigenvalue weighted by molar-refractivity contribution is -0.121. The van der Waals surface area contributed by atoms with E-state index >= 15 is 0 Å². The first-order valence-corrected chi connectivity index (χ1v) is 8.61. The second-order valence-electron chi connectivity index (χ2n) is 4.59. The molecule has 1 aromatic rings. The van der Waals surface area contributed by atoms with Crippen molar-refractivity contribution in [2.24, 2.45) is 0 Å². The zero-order valence-electron chi connectivity index (χ0n) is 12.6. The monoisotopic (exact) mass is 314 g/mol. The number of hydrogen-bond acceptors (Lipinski definition) is 4. The van der Waals surface area contributed by atoms with E-state index in [1.165, 1.54) is 4.31 Å². The van der Waals surface area contributed by atoms with Crippen LogP contribution in [0.5, 0.6) is 5.75 Å². The Bertz CT molecular complexity index is 555. The molecule has 0 fully saturated rings. The lowest BCUT2D eigenvalue weighted by Gasteiger charge is -2.22. The Morgan fingerprint density at radius 1 is 1.29 bits per heavy atom. The van der Waals surface area contributed by atoms with Gasteiger partial charge in [-0.1, -0.05) is 0 Å². The summed E-state index contributed by atoms with van der Waals surface area (Å²) in [6.07, 6.45) is 1.92. The number of carbonyl (C=O) groups excluding carboxylic acids is 1. The summed E-state index contributed by atoms with van der Waals surface area (Å²) in [6.45, 7) is 2.69. The van der Waals surface area contributed by atoms with Crippen molar-refractivity contribution in [2.45, 2.75) is 19.8 Å². The first-order valence-electron chi connectivity index (χ1n) is 6.77. The van der Waals surface area contributed by atoms with Gasteiger partial charge in [0.15, 0.2) is 0 Å². The smallest absolute Gasteiger partial charge is 0.232 e. The van der Waals surface area contributed by atoms with Gasteiger partial charge in [0.25, 0.3) is 0 Å². The number of anilines is 1. The van der Waals surface area contributed by atoms with Gasteiger partial charge in [-0.25, -0.2) is 8.42 Å².